The minimum atomic E-state index is -0.965. The van der Waals surface area contributed by atoms with Crippen molar-refractivity contribution in [2.24, 2.45) is 10.9 Å². The van der Waals surface area contributed by atoms with Crippen molar-refractivity contribution in [1.82, 2.24) is 10.6 Å². The van der Waals surface area contributed by atoms with Crippen LogP contribution in [0.2, 0.25) is 0 Å². The van der Waals surface area contributed by atoms with Gasteiger partial charge in [0.2, 0.25) is 5.91 Å². The van der Waals surface area contributed by atoms with Crippen LogP contribution in [-0.4, -0.2) is 30.1 Å². The summed E-state index contributed by atoms with van der Waals surface area (Å²) in [6.45, 7) is 5.37. The number of halogens is 1. The lowest BCUT2D eigenvalue weighted by molar-refractivity contribution is -0.120. The van der Waals surface area contributed by atoms with E-state index < -0.39 is 5.60 Å². The second kappa shape index (κ2) is 13.2. The van der Waals surface area contributed by atoms with E-state index in [0.717, 1.165) is 48.4 Å². The summed E-state index contributed by atoms with van der Waals surface area (Å²) in [6.07, 6.45) is 5.51. The molecule has 176 valence electrons. The molecule has 1 aromatic heterocycles. The summed E-state index contributed by atoms with van der Waals surface area (Å²) in [7, 11) is 0. The third-order valence-electron chi connectivity index (χ3n) is 5.59. The van der Waals surface area contributed by atoms with E-state index in [1.54, 1.807) is 6.92 Å². The van der Waals surface area contributed by atoms with Gasteiger partial charge in [0, 0.05) is 23.0 Å². The lowest BCUT2D eigenvalue weighted by Crippen LogP contribution is -2.44. The van der Waals surface area contributed by atoms with E-state index in [0.29, 0.717) is 19.0 Å². The summed E-state index contributed by atoms with van der Waals surface area (Å²) in [5, 5.41) is 22.2. The fourth-order valence-electron chi connectivity index (χ4n) is 3.80. The van der Waals surface area contributed by atoms with E-state index >= 15 is 0 Å². The van der Waals surface area contributed by atoms with Gasteiger partial charge in [-0.15, -0.1) is 35.3 Å². The zero-order valence-corrected chi connectivity index (χ0v) is 22.0. The number of nitrogens with zero attached hydrogens (tertiary/aromatic N) is 1. The molecule has 1 aliphatic rings. The van der Waals surface area contributed by atoms with Gasteiger partial charge in [0.25, 0.3) is 0 Å². The van der Waals surface area contributed by atoms with E-state index in [9.17, 15) is 9.90 Å². The quantitative estimate of drug-likeness (QED) is 0.208. The maximum atomic E-state index is 12.5. The maximum Gasteiger partial charge on any atom is 0.227 e. The van der Waals surface area contributed by atoms with Crippen LogP contribution in [0, 0.1) is 5.92 Å². The molecule has 32 heavy (non-hydrogen) atoms. The van der Waals surface area contributed by atoms with Crippen molar-refractivity contribution in [3.05, 3.63) is 52.2 Å². The molecule has 1 atom stereocenters. The third kappa shape index (κ3) is 8.04. The highest BCUT2D eigenvalue weighted by Crippen LogP contribution is 2.25. The minimum Gasteiger partial charge on any atom is -0.383 e. The first-order valence-corrected chi connectivity index (χ1v) is 12.0. The summed E-state index contributed by atoms with van der Waals surface area (Å²) >= 11 is 1.54. The third-order valence-corrected chi connectivity index (χ3v) is 6.71. The maximum absolute atomic E-state index is 12.5. The number of carbonyl (C=O) groups excluding carboxylic acids is 1. The Kier molecular flexibility index (Phi) is 10.9. The number of guanidine groups is 1. The van der Waals surface area contributed by atoms with Gasteiger partial charge in [0.1, 0.15) is 5.60 Å². The normalized spacial score (nSPS) is 16.5. The van der Waals surface area contributed by atoms with Gasteiger partial charge in [-0.1, -0.05) is 37.5 Å². The highest BCUT2D eigenvalue weighted by molar-refractivity contribution is 14.0. The van der Waals surface area contributed by atoms with Crippen LogP contribution in [0.5, 0.6) is 0 Å². The smallest absolute Gasteiger partial charge is 0.227 e. The largest absolute Gasteiger partial charge is 0.383 e. The molecule has 1 unspecified atom stereocenters. The van der Waals surface area contributed by atoms with Crippen LogP contribution < -0.4 is 16.0 Å². The molecule has 4 N–H and O–H groups in total. The number of amides is 1. The fourth-order valence-corrected chi connectivity index (χ4v) is 4.58. The van der Waals surface area contributed by atoms with Gasteiger partial charge in [-0.3, -0.25) is 4.79 Å². The van der Waals surface area contributed by atoms with Gasteiger partial charge >= 0.3 is 0 Å². The van der Waals surface area contributed by atoms with E-state index in [4.69, 9.17) is 0 Å². The lowest BCUT2D eigenvalue weighted by Gasteiger charge is -2.23. The average Bonchev–Trinajstić information content (AvgIpc) is 3.33. The number of aliphatic hydroxyl groups is 1. The highest BCUT2D eigenvalue weighted by atomic mass is 127. The van der Waals surface area contributed by atoms with Crippen LogP contribution in [0.3, 0.4) is 0 Å². The van der Waals surface area contributed by atoms with Crippen LogP contribution >= 0.6 is 35.3 Å². The van der Waals surface area contributed by atoms with Crippen LogP contribution in [0.25, 0.3) is 0 Å². The van der Waals surface area contributed by atoms with Gasteiger partial charge in [-0.05, 0) is 55.8 Å². The van der Waals surface area contributed by atoms with Gasteiger partial charge in [0.05, 0.1) is 13.1 Å². The average molecular weight is 571 g/mol. The molecule has 8 heteroatoms. The number of benzene rings is 1. The van der Waals surface area contributed by atoms with Gasteiger partial charge in [0.15, 0.2) is 5.96 Å². The Morgan fingerprint density at radius 2 is 1.97 bits per heavy atom. The Hall–Kier alpha value is -1.65. The number of hydrogen-bond donors (Lipinski definition) is 4. The van der Waals surface area contributed by atoms with Gasteiger partial charge in [-0.2, -0.15) is 0 Å². The van der Waals surface area contributed by atoms with E-state index in [1.165, 1.54) is 17.8 Å². The minimum absolute atomic E-state index is 0. The van der Waals surface area contributed by atoms with Crippen molar-refractivity contribution >= 4 is 52.9 Å². The van der Waals surface area contributed by atoms with Crippen molar-refractivity contribution < 1.29 is 9.90 Å². The number of rotatable bonds is 8. The molecule has 1 saturated carbocycles. The molecule has 0 aliphatic heterocycles. The number of thiophene rings is 1. The molecule has 0 bridgehead atoms. The first-order chi connectivity index (χ1) is 15.0. The second-order valence-electron chi connectivity index (χ2n) is 8.32. The zero-order valence-electron chi connectivity index (χ0n) is 18.9. The molecular formula is C24H35IN4O2S. The molecule has 3 rings (SSSR count). The molecule has 2 aromatic rings. The molecule has 1 fully saturated rings. The van der Waals surface area contributed by atoms with Crippen LogP contribution in [0.15, 0.2) is 46.8 Å². The van der Waals surface area contributed by atoms with Crippen LogP contribution in [0.1, 0.15) is 56.4 Å². The van der Waals surface area contributed by atoms with Crippen molar-refractivity contribution in [1.29, 1.82) is 0 Å². The Bertz CT molecular complexity index is 865. The Balaban J connectivity index is 0.00000363. The number of carbonyl (C=O) groups is 1. The fraction of sp³-hybridized carbons (Fsp3) is 0.500. The Labute approximate surface area is 212 Å². The van der Waals surface area contributed by atoms with Crippen molar-refractivity contribution in [2.75, 3.05) is 18.4 Å². The van der Waals surface area contributed by atoms with Crippen molar-refractivity contribution in [3.63, 3.8) is 0 Å². The molecule has 1 aromatic carbocycles. The summed E-state index contributed by atoms with van der Waals surface area (Å²) in [5.74, 6) is 0.915. The molecular weight excluding hydrogens is 535 g/mol. The SMILES string of the molecule is CCNC(=NCc1cccc(NC(=O)C2CCCCC2)c1)NCC(C)(O)c1cccs1.I. The molecule has 0 spiro atoms. The molecule has 1 aliphatic carbocycles. The van der Waals surface area contributed by atoms with Crippen molar-refractivity contribution in [2.45, 2.75) is 58.1 Å². The predicted molar refractivity (Wildman–Crippen MR) is 144 cm³/mol. The van der Waals surface area contributed by atoms with E-state index in [1.807, 2.05) is 48.7 Å². The molecule has 1 amide bonds. The van der Waals surface area contributed by atoms with E-state index in [-0.39, 0.29) is 35.8 Å². The molecule has 0 saturated heterocycles. The van der Waals surface area contributed by atoms with Gasteiger partial charge in [-0.25, -0.2) is 4.99 Å². The monoisotopic (exact) mass is 570 g/mol. The zero-order chi connectivity index (χ0) is 22.1. The summed E-state index contributed by atoms with van der Waals surface area (Å²) in [4.78, 5) is 18.1. The topological polar surface area (TPSA) is 85.8 Å². The number of anilines is 1. The number of aliphatic imine (C=N–C) groups is 1. The van der Waals surface area contributed by atoms with E-state index in [2.05, 4.69) is 20.9 Å². The first kappa shape index (κ1) is 26.6. The van der Waals surface area contributed by atoms with Crippen LogP contribution in [0.4, 0.5) is 5.69 Å². The summed E-state index contributed by atoms with van der Waals surface area (Å²) in [6, 6.07) is 11.7. The summed E-state index contributed by atoms with van der Waals surface area (Å²) < 4.78 is 0. The number of nitrogens with one attached hydrogen (secondary N) is 3. The molecule has 0 radical (unpaired) electrons. The molecule has 1 heterocycles. The van der Waals surface area contributed by atoms with Crippen molar-refractivity contribution in [3.8, 4) is 0 Å². The molecule has 6 nitrogen and oxygen atoms in total. The Morgan fingerprint density at radius 3 is 2.66 bits per heavy atom. The predicted octanol–water partition coefficient (Wildman–Crippen LogP) is 4.85. The standard InChI is InChI=1S/C24H34N4O2S.HI/c1-3-25-23(27-17-24(2,30)21-13-8-14-31-21)26-16-18-9-7-12-20(15-18)28-22(29)19-10-5-4-6-11-19;/h7-9,12-15,19,30H,3-6,10-11,16-17H2,1-2H3,(H,28,29)(H2,25,26,27);1H. The highest BCUT2D eigenvalue weighted by Gasteiger charge is 2.24. The first-order valence-electron chi connectivity index (χ1n) is 11.2. The number of hydrogen-bond acceptors (Lipinski definition) is 4. The summed E-state index contributed by atoms with van der Waals surface area (Å²) in [5.41, 5.74) is 0.874. The van der Waals surface area contributed by atoms with Gasteiger partial charge < -0.3 is 21.1 Å². The van der Waals surface area contributed by atoms with Crippen LogP contribution in [-0.2, 0) is 16.9 Å². The second-order valence-corrected chi connectivity index (χ2v) is 9.27. The Morgan fingerprint density at radius 1 is 1.19 bits per heavy atom. The lowest BCUT2D eigenvalue weighted by atomic mass is 9.88.